The van der Waals surface area contributed by atoms with Crippen molar-refractivity contribution in [3.8, 4) is 11.5 Å². The predicted octanol–water partition coefficient (Wildman–Crippen LogP) is 5.55. The highest BCUT2D eigenvalue weighted by Gasteiger charge is 2.31. The Kier molecular flexibility index (Phi) is 6.12. The number of ether oxygens (including phenoxy) is 1. The quantitative estimate of drug-likeness (QED) is 0.378. The lowest BCUT2D eigenvalue weighted by molar-refractivity contribution is -0.123. The van der Waals surface area contributed by atoms with E-state index in [0.29, 0.717) is 12.3 Å². The monoisotopic (exact) mass is 454 g/mol. The van der Waals surface area contributed by atoms with E-state index in [1.54, 1.807) is 0 Å². The van der Waals surface area contributed by atoms with Crippen LogP contribution < -0.4 is 5.32 Å². The van der Waals surface area contributed by atoms with Gasteiger partial charge in [-0.25, -0.2) is 9.78 Å². The maximum Gasteiger partial charge on any atom is 0.414 e. The number of amides is 2. The Balaban J connectivity index is 1.16. The van der Waals surface area contributed by atoms with Gasteiger partial charge in [-0.15, -0.1) is 0 Å². The molecule has 0 saturated carbocycles. The fourth-order valence-electron chi connectivity index (χ4n) is 4.32. The van der Waals surface area contributed by atoms with Crippen LogP contribution in [0.1, 0.15) is 35.4 Å². The molecule has 0 radical (unpaired) electrons. The number of nitrogens with one attached hydrogen (secondary N) is 1. The van der Waals surface area contributed by atoms with Crippen molar-refractivity contribution in [2.75, 3.05) is 0 Å². The number of nitrogens with zero attached hydrogens (tertiary/aromatic N) is 1. The number of hydrogen-bond donors (Lipinski definition) is 1. The van der Waals surface area contributed by atoms with E-state index in [1.807, 2.05) is 19.1 Å². The largest absolute Gasteiger partial charge is 0.441 e. The molecular weight excluding hydrogens is 428 g/mol. The lowest BCUT2D eigenvalue weighted by atomic mass is 10.0. The minimum Gasteiger partial charge on any atom is -0.441 e. The number of hydrogen-bond acceptors (Lipinski definition) is 5. The summed E-state index contributed by atoms with van der Waals surface area (Å²) < 4.78 is 10.9. The highest BCUT2D eigenvalue weighted by atomic mass is 16.6. The van der Waals surface area contributed by atoms with Crippen molar-refractivity contribution in [1.29, 1.82) is 0 Å². The molecule has 172 valence electrons. The zero-order chi connectivity index (χ0) is 23.5. The molecule has 0 aliphatic carbocycles. The third-order valence-electron chi connectivity index (χ3n) is 6.26. The topological polar surface area (TPSA) is 81.4 Å². The summed E-state index contributed by atoms with van der Waals surface area (Å²) in [7, 11) is 0. The summed E-state index contributed by atoms with van der Waals surface area (Å²) in [4.78, 5) is 27.4. The number of oxazole rings is 1. The Labute approximate surface area is 198 Å². The molecule has 6 nitrogen and oxygen atoms in total. The van der Waals surface area contributed by atoms with Crippen LogP contribution in [0.15, 0.2) is 71.1 Å². The van der Waals surface area contributed by atoms with Gasteiger partial charge >= 0.3 is 6.09 Å². The minimum absolute atomic E-state index is 0.340. The molecule has 6 heteroatoms. The predicted molar refractivity (Wildman–Crippen MR) is 129 cm³/mol. The fourth-order valence-corrected chi connectivity index (χ4v) is 4.32. The smallest absolute Gasteiger partial charge is 0.414 e. The second-order valence-corrected chi connectivity index (χ2v) is 8.68. The van der Waals surface area contributed by atoms with Crippen LogP contribution >= 0.6 is 0 Å². The van der Waals surface area contributed by atoms with Gasteiger partial charge in [0.25, 0.3) is 5.91 Å². The number of benzene rings is 3. The SMILES string of the molecule is Cc1oc(-c2ccc3ccccc3c2)nc1CCc1ccc(CCCC2OC(=O)NC2=O)cc1. The summed E-state index contributed by atoms with van der Waals surface area (Å²) in [6, 6.07) is 23.0. The second-order valence-electron chi connectivity index (χ2n) is 8.68. The summed E-state index contributed by atoms with van der Waals surface area (Å²) in [6.45, 7) is 1.97. The van der Waals surface area contributed by atoms with Crippen LogP contribution in [-0.4, -0.2) is 23.1 Å². The van der Waals surface area contributed by atoms with Crippen molar-refractivity contribution < 1.29 is 18.7 Å². The molecule has 34 heavy (non-hydrogen) atoms. The van der Waals surface area contributed by atoms with Crippen LogP contribution in [-0.2, 0) is 28.8 Å². The van der Waals surface area contributed by atoms with Gasteiger partial charge in [-0.3, -0.25) is 10.1 Å². The molecule has 1 unspecified atom stereocenters. The van der Waals surface area contributed by atoms with Crippen molar-refractivity contribution in [2.45, 2.75) is 45.1 Å². The van der Waals surface area contributed by atoms with E-state index in [2.05, 4.69) is 59.9 Å². The molecule has 2 amide bonds. The van der Waals surface area contributed by atoms with Gasteiger partial charge in [0.05, 0.1) is 5.69 Å². The number of fused-ring (bicyclic) bond motifs is 1. The third-order valence-corrected chi connectivity index (χ3v) is 6.26. The highest BCUT2D eigenvalue weighted by molar-refractivity contribution is 5.99. The lowest BCUT2D eigenvalue weighted by Gasteiger charge is -2.07. The van der Waals surface area contributed by atoms with Gasteiger partial charge in [-0.1, -0.05) is 54.6 Å². The first kappa shape index (κ1) is 21.9. The molecule has 1 aliphatic rings. The third kappa shape index (κ3) is 4.86. The van der Waals surface area contributed by atoms with Gasteiger partial charge in [0.15, 0.2) is 6.10 Å². The van der Waals surface area contributed by atoms with Gasteiger partial charge in [-0.2, -0.15) is 0 Å². The molecule has 1 aliphatic heterocycles. The van der Waals surface area contributed by atoms with Crippen LogP contribution in [0.3, 0.4) is 0 Å². The maximum atomic E-state index is 11.6. The average molecular weight is 455 g/mol. The Morgan fingerprint density at radius 2 is 1.62 bits per heavy atom. The molecular formula is C28H26N2O4. The highest BCUT2D eigenvalue weighted by Crippen LogP contribution is 2.26. The van der Waals surface area contributed by atoms with Crippen LogP contribution in [0.25, 0.3) is 22.2 Å². The van der Waals surface area contributed by atoms with E-state index < -0.39 is 12.2 Å². The molecule has 1 fully saturated rings. The maximum absolute atomic E-state index is 11.6. The Bertz CT molecular complexity index is 1340. The Hall–Kier alpha value is -3.93. The molecule has 2 heterocycles. The van der Waals surface area contributed by atoms with Gasteiger partial charge in [0.2, 0.25) is 5.89 Å². The number of cyclic esters (lactones) is 1. The summed E-state index contributed by atoms with van der Waals surface area (Å²) in [5, 5.41) is 4.53. The first-order valence-electron chi connectivity index (χ1n) is 11.6. The van der Waals surface area contributed by atoms with Gasteiger partial charge in [0, 0.05) is 5.56 Å². The van der Waals surface area contributed by atoms with Gasteiger partial charge in [0.1, 0.15) is 5.76 Å². The van der Waals surface area contributed by atoms with E-state index in [0.717, 1.165) is 42.7 Å². The summed E-state index contributed by atoms with van der Waals surface area (Å²) in [5.41, 5.74) is 4.41. The van der Waals surface area contributed by atoms with E-state index in [4.69, 9.17) is 14.1 Å². The summed E-state index contributed by atoms with van der Waals surface area (Å²) >= 11 is 0. The second kappa shape index (κ2) is 9.51. The van der Waals surface area contributed by atoms with E-state index >= 15 is 0 Å². The van der Waals surface area contributed by atoms with Crippen LogP contribution in [0, 0.1) is 6.92 Å². The summed E-state index contributed by atoms with van der Waals surface area (Å²) in [5.74, 6) is 1.18. The van der Waals surface area contributed by atoms with Crippen molar-refractivity contribution in [3.63, 3.8) is 0 Å². The fraction of sp³-hybridized carbons (Fsp3) is 0.250. The Morgan fingerprint density at radius 1 is 0.882 bits per heavy atom. The van der Waals surface area contributed by atoms with E-state index in [-0.39, 0.29) is 5.91 Å². The van der Waals surface area contributed by atoms with Crippen molar-refractivity contribution >= 4 is 22.8 Å². The standard InChI is InChI=1S/C28H26N2O4/c1-18-24(29-27(33-18)23-15-14-21-6-2-3-7-22(21)17-23)16-13-20-11-9-19(10-12-20)5-4-8-25-26(31)30-28(32)34-25/h2-3,6-7,9-12,14-15,17,25H,4-5,8,13,16H2,1H3,(H,30,31,32). The van der Waals surface area contributed by atoms with Crippen LogP contribution in [0.4, 0.5) is 4.79 Å². The van der Waals surface area contributed by atoms with Crippen molar-refractivity contribution in [1.82, 2.24) is 10.3 Å². The molecule has 5 rings (SSSR count). The molecule has 3 aromatic carbocycles. The normalized spacial score (nSPS) is 15.5. The number of imide groups is 1. The number of aryl methyl sites for hydroxylation is 4. The lowest BCUT2D eigenvalue weighted by Crippen LogP contribution is -2.24. The van der Waals surface area contributed by atoms with Crippen molar-refractivity contribution in [2.24, 2.45) is 0 Å². The molecule has 1 N–H and O–H groups in total. The number of carbonyl (C=O) groups is 2. The van der Waals surface area contributed by atoms with Gasteiger partial charge in [-0.05, 0) is 73.1 Å². The van der Waals surface area contributed by atoms with Crippen LogP contribution in [0.5, 0.6) is 0 Å². The number of rotatable bonds is 8. The average Bonchev–Trinajstić information content (AvgIpc) is 3.38. The first-order chi connectivity index (χ1) is 16.5. The minimum atomic E-state index is -0.656. The number of alkyl carbamates (subject to hydrolysis) is 1. The molecule has 1 atom stereocenters. The summed E-state index contributed by atoms with van der Waals surface area (Å²) in [6.07, 6.45) is 2.53. The molecule has 0 bridgehead atoms. The van der Waals surface area contributed by atoms with E-state index in [1.165, 1.54) is 21.9 Å². The van der Waals surface area contributed by atoms with Crippen molar-refractivity contribution in [3.05, 3.63) is 89.3 Å². The van der Waals surface area contributed by atoms with E-state index in [9.17, 15) is 9.59 Å². The zero-order valence-electron chi connectivity index (χ0n) is 19.0. The molecule has 0 spiro atoms. The zero-order valence-corrected chi connectivity index (χ0v) is 19.0. The molecule has 1 aromatic heterocycles. The molecule has 4 aromatic rings. The first-order valence-corrected chi connectivity index (χ1v) is 11.6. The number of aromatic nitrogens is 1. The Morgan fingerprint density at radius 3 is 2.35 bits per heavy atom. The van der Waals surface area contributed by atoms with Gasteiger partial charge < -0.3 is 9.15 Å². The van der Waals surface area contributed by atoms with Crippen LogP contribution in [0.2, 0.25) is 0 Å². The number of carbonyl (C=O) groups excluding carboxylic acids is 2. The molecule has 1 saturated heterocycles.